The molecule has 0 radical (unpaired) electrons. The molecule has 0 spiro atoms. The van der Waals surface area contributed by atoms with E-state index in [2.05, 4.69) is 24.7 Å². The summed E-state index contributed by atoms with van der Waals surface area (Å²) in [4.78, 5) is 24.3. The zero-order valence-corrected chi connectivity index (χ0v) is 15.3. The number of carbonyl (C=O) groups is 1. The molecule has 10 heteroatoms. The third-order valence-corrected chi connectivity index (χ3v) is 4.42. The van der Waals surface area contributed by atoms with Crippen molar-refractivity contribution >= 4 is 28.5 Å². The molecule has 0 N–H and O–H groups in total. The monoisotopic (exact) mass is 376 g/mol. The van der Waals surface area contributed by atoms with Crippen LogP contribution in [0.25, 0.3) is 21.2 Å². The summed E-state index contributed by atoms with van der Waals surface area (Å²) >= 11 is 6.05. The van der Waals surface area contributed by atoms with Gasteiger partial charge in [-0.25, -0.2) is 14.8 Å². The largest absolute Gasteiger partial charge is 0.470 e. The van der Waals surface area contributed by atoms with Crippen LogP contribution < -0.4 is 4.74 Å². The third kappa shape index (κ3) is 3.31. The number of likely N-dealkylation sites (tertiary alicyclic amines) is 1. The second-order valence-electron chi connectivity index (χ2n) is 6.39. The van der Waals surface area contributed by atoms with Gasteiger partial charge in [0, 0.05) is 17.3 Å². The number of nitrogens with zero attached hydrogens (tertiary/aromatic N) is 6. The number of hydrogen-bond acceptors (Lipinski definition) is 6. The van der Waals surface area contributed by atoms with E-state index in [0.29, 0.717) is 35.1 Å². The van der Waals surface area contributed by atoms with Gasteiger partial charge in [0.25, 0.3) is 0 Å². The molecular formula is C16H17ClN6O3. The zero-order chi connectivity index (χ0) is 18.9. The summed E-state index contributed by atoms with van der Waals surface area (Å²) in [5, 5.41) is 5.56. The van der Waals surface area contributed by atoms with Gasteiger partial charge in [0.2, 0.25) is 5.88 Å². The number of halogens is 1. The molecule has 0 bridgehead atoms. The van der Waals surface area contributed by atoms with Crippen LogP contribution in [-0.2, 0) is 10.3 Å². The first-order valence-corrected chi connectivity index (χ1v) is 8.24. The van der Waals surface area contributed by atoms with Gasteiger partial charge in [-0.05, 0) is 22.5 Å². The highest BCUT2D eigenvalue weighted by Gasteiger charge is 2.34. The smallest absolute Gasteiger partial charge is 0.409 e. The van der Waals surface area contributed by atoms with Gasteiger partial charge >= 0.3 is 6.09 Å². The number of amides is 1. The quantitative estimate of drug-likeness (QED) is 0.349. The molecule has 1 aliphatic rings. The van der Waals surface area contributed by atoms with Crippen molar-refractivity contribution in [3.63, 3.8) is 0 Å². The number of carbonyl (C=O) groups excluding carboxylic acids is 1. The predicted molar refractivity (Wildman–Crippen MR) is 95.1 cm³/mol. The SMILES string of the molecule is COC(=O)N1CC(Oc2ncc(C(C)(C)N=[N+]=[N-])c3cc(Cl)ncc23)C1. The lowest BCUT2D eigenvalue weighted by Crippen LogP contribution is -2.56. The topological polar surface area (TPSA) is 113 Å². The van der Waals surface area contributed by atoms with E-state index in [1.807, 2.05) is 0 Å². The second kappa shape index (κ2) is 6.86. The number of rotatable bonds is 4. The Bertz CT molecular complexity index is 906. The Morgan fingerprint density at radius 2 is 2.12 bits per heavy atom. The van der Waals surface area contributed by atoms with Crippen LogP contribution in [0.4, 0.5) is 4.79 Å². The summed E-state index contributed by atoms with van der Waals surface area (Å²) in [6, 6.07) is 1.69. The van der Waals surface area contributed by atoms with Crippen LogP contribution in [0.2, 0.25) is 5.15 Å². The van der Waals surface area contributed by atoms with E-state index in [0.717, 1.165) is 5.39 Å². The molecule has 0 aliphatic carbocycles. The van der Waals surface area contributed by atoms with Crippen LogP contribution >= 0.6 is 11.6 Å². The number of aromatic nitrogens is 2. The summed E-state index contributed by atoms with van der Waals surface area (Å²) in [7, 11) is 1.34. The molecule has 0 unspecified atom stereocenters. The standard InChI is InChI=1S/C16H17ClN6O3/c1-16(2,21-22-18)12-6-20-14(11-5-19-13(17)4-10(11)12)26-9-7-23(8-9)15(24)25-3/h4-6,9H,7-8H2,1-3H3. The van der Waals surface area contributed by atoms with Crippen molar-refractivity contribution < 1.29 is 14.3 Å². The van der Waals surface area contributed by atoms with Crippen molar-refractivity contribution in [1.29, 1.82) is 0 Å². The van der Waals surface area contributed by atoms with Gasteiger partial charge < -0.3 is 14.4 Å². The predicted octanol–water partition coefficient (Wildman–Crippen LogP) is 3.66. The molecule has 1 fully saturated rings. The molecule has 1 saturated heterocycles. The van der Waals surface area contributed by atoms with Crippen LogP contribution in [0.1, 0.15) is 19.4 Å². The van der Waals surface area contributed by atoms with E-state index in [1.54, 1.807) is 32.3 Å². The van der Waals surface area contributed by atoms with Crippen molar-refractivity contribution in [2.24, 2.45) is 5.11 Å². The third-order valence-electron chi connectivity index (χ3n) is 4.22. The Kier molecular flexibility index (Phi) is 4.76. The van der Waals surface area contributed by atoms with Gasteiger partial charge in [0.15, 0.2) is 0 Å². The van der Waals surface area contributed by atoms with Gasteiger partial charge in [-0.3, -0.25) is 0 Å². The Morgan fingerprint density at radius 1 is 1.38 bits per heavy atom. The van der Waals surface area contributed by atoms with Gasteiger partial charge in [-0.1, -0.05) is 30.6 Å². The lowest BCUT2D eigenvalue weighted by atomic mass is 9.93. The van der Waals surface area contributed by atoms with Crippen molar-refractivity contribution in [3.05, 3.63) is 39.6 Å². The average Bonchev–Trinajstić information content (AvgIpc) is 2.56. The van der Waals surface area contributed by atoms with E-state index in [4.69, 9.17) is 21.9 Å². The Balaban J connectivity index is 1.94. The molecule has 26 heavy (non-hydrogen) atoms. The first-order valence-electron chi connectivity index (χ1n) is 7.86. The number of hydrogen-bond donors (Lipinski definition) is 0. The molecule has 1 aliphatic heterocycles. The highest BCUT2D eigenvalue weighted by atomic mass is 35.5. The summed E-state index contributed by atoms with van der Waals surface area (Å²) in [6.45, 7) is 4.42. The van der Waals surface area contributed by atoms with Crippen molar-refractivity contribution in [2.45, 2.75) is 25.5 Å². The molecule has 0 saturated carbocycles. The fourth-order valence-electron chi connectivity index (χ4n) is 2.78. The lowest BCUT2D eigenvalue weighted by molar-refractivity contribution is 0.0169. The molecule has 1 amide bonds. The minimum absolute atomic E-state index is 0.184. The number of fused-ring (bicyclic) bond motifs is 1. The normalized spacial score (nSPS) is 14.5. The van der Waals surface area contributed by atoms with Crippen LogP contribution in [0, 0.1) is 0 Å². The Morgan fingerprint density at radius 3 is 2.77 bits per heavy atom. The Labute approximate surface area is 154 Å². The van der Waals surface area contributed by atoms with Gasteiger partial charge in [-0.15, -0.1) is 0 Å². The molecule has 3 rings (SSSR count). The van der Waals surface area contributed by atoms with Crippen LogP contribution in [0.5, 0.6) is 5.88 Å². The maximum absolute atomic E-state index is 11.4. The Hall–Kier alpha value is -2.77. The average molecular weight is 377 g/mol. The molecule has 0 atom stereocenters. The fraction of sp³-hybridized carbons (Fsp3) is 0.438. The highest BCUT2D eigenvalue weighted by molar-refractivity contribution is 6.30. The van der Waals surface area contributed by atoms with Gasteiger partial charge in [0.1, 0.15) is 11.3 Å². The summed E-state index contributed by atoms with van der Waals surface area (Å²) in [5.41, 5.74) is 8.72. The second-order valence-corrected chi connectivity index (χ2v) is 6.78. The van der Waals surface area contributed by atoms with Crippen LogP contribution in [0.3, 0.4) is 0 Å². The van der Waals surface area contributed by atoms with Crippen molar-refractivity contribution in [3.8, 4) is 5.88 Å². The summed E-state index contributed by atoms with van der Waals surface area (Å²) in [5.74, 6) is 0.388. The minimum atomic E-state index is -0.818. The molecule has 0 aromatic carbocycles. The molecule has 136 valence electrons. The van der Waals surface area contributed by atoms with Gasteiger partial charge in [-0.2, -0.15) is 0 Å². The van der Waals surface area contributed by atoms with Crippen molar-refractivity contribution in [2.75, 3.05) is 20.2 Å². The van der Waals surface area contributed by atoms with Gasteiger partial charge in [0.05, 0.1) is 31.1 Å². The molecule has 2 aromatic heterocycles. The van der Waals surface area contributed by atoms with Crippen molar-refractivity contribution in [1.82, 2.24) is 14.9 Å². The number of ether oxygens (including phenoxy) is 2. The highest BCUT2D eigenvalue weighted by Crippen LogP contribution is 2.36. The first-order chi connectivity index (χ1) is 12.4. The number of pyridine rings is 2. The van der Waals surface area contributed by atoms with E-state index >= 15 is 0 Å². The van der Waals surface area contributed by atoms with E-state index in [-0.39, 0.29) is 12.2 Å². The fourth-order valence-corrected chi connectivity index (χ4v) is 2.94. The molecule has 3 heterocycles. The van der Waals surface area contributed by atoms with Crippen LogP contribution in [-0.4, -0.2) is 47.3 Å². The van der Waals surface area contributed by atoms with E-state index < -0.39 is 5.54 Å². The first kappa shape index (κ1) is 18.0. The molecule has 9 nitrogen and oxygen atoms in total. The number of methoxy groups -OCH3 is 1. The van der Waals surface area contributed by atoms with E-state index in [9.17, 15) is 4.79 Å². The summed E-state index contributed by atoms with van der Waals surface area (Å²) < 4.78 is 10.6. The summed E-state index contributed by atoms with van der Waals surface area (Å²) in [6.07, 6.45) is 2.62. The lowest BCUT2D eigenvalue weighted by Gasteiger charge is -2.37. The minimum Gasteiger partial charge on any atom is -0.470 e. The van der Waals surface area contributed by atoms with E-state index in [1.165, 1.54) is 12.0 Å². The zero-order valence-electron chi connectivity index (χ0n) is 14.5. The number of azide groups is 1. The molecule has 2 aromatic rings. The maximum Gasteiger partial charge on any atom is 0.409 e. The maximum atomic E-state index is 11.4. The molecular weight excluding hydrogens is 360 g/mol. The van der Waals surface area contributed by atoms with Crippen LogP contribution in [0.15, 0.2) is 23.6 Å².